The van der Waals surface area contributed by atoms with Crippen molar-refractivity contribution in [2.24, 2.45) is 0 Å². The lowest BCUT2D eigenvalue weighted by atomic mass is 9.95. The van der Waals surface area contributed by atoms with E-state index < -0.39 is 40.5 Å². The van der Waals surface area contributed by atoms with Crippen molar-refractivity contribution < 1.29 is 57.4 Å². The van der Waals surface area contributed by atoms with Crippen molar-refractivity contribution in [3.63, 3.8) is 0 Å². The highest BCUT2D eigenvalue weighted by atomic mass is 32.2. The van der Waals surface area contributed by atoms with Gasteiger partial charge in [-0.2, -0.15) is 33.7 Å². The number of hydrogen-bond donors (Lipinski definition) is 4. The van der Waals surface area contributed by atoms with Gasteiger partial charge < -0.3 is 15.3 Å². The molecule has 0 saturated carbocycles. The molecule has 0 aromatic heterocycles. The number of aryl methyl sites for hydroxylation is 2. The summed E-state index contributed by atoms with van der Waals surface area (Å²) in [5, 5.41) is 0. The molecule has 4 aliphatic rings. The van der Waals surface area contributed by atoms with Gasteiger partial charge >= 0.3 is 0 Å². The van der Waals surface area contributed by atoms with Crippen molar-refractivity contribution in [1.29, 1.82) is 0 Å². The molecule has 0 spiro atoms. The van der Waals surface area contributed by atoms with Gasteiger partial charge in [-0.25, -0.2) is 0 Å². The molecule has 4 aromatic carbocycles. The average molecular weight is 1080 g/mol. The van der Waals surface area contributed by atoms with Gasteiger partial charge in [0.1, 0.15) is 0 Å². The van der Waals surface area contributed by atoms with E-state index in [2.05, 4.69) is 132 Å². The van der Waals surface area contributed by atoms with Gasteiger partial charge in [0.05, 0.1) is 25.0 Å². The van der Waals surface area contributed by atoms with E-state index in [0.717, 1.165) is 25.7 Å². The lowest BCUT2D eigenvalue weighted by molar-refractivity contribution is 0.110. The minimum absolute atomic E-state index is 0. The number of rotatable bonds is 4. The zero-order valence-electron chi connectivity index (χ0n) is 40.5. The van der Waals surface area contributed by atoms with E-state index in [1.54, 1.807) is 11.1 Å². The predicted molar refractivity (Wildman–Crippen MR) is 277 cm³/mol. The number of hydrogen-bond acceptors (Lipinski definition) is 14. The van der Waals surface area contributed by atoms with E-state index >= 15 is 0 Å². The summed E-state index contributed by atoms with van der Waals surface area (Å²) >= 11 is 3.97. The topological polar surface area (TPSA) is 262 Å². The van der Waals surface area contributed by atoms with Gasteiger partial charge in [-0.05, 0) is 85.3 Å². The first kappa shape index (κ1) is 62.1. The van der Waals surface area contributed by atoms with Crippen LogP contribution in [-0.2, 0) is 66.2 Å². The molecule has 0 radical (unpaired) electrons. The Bertz CT molecular complexity index is 2420. The summed E-state index contributed by atoms with van der Waals surface area (Å²) in [6.45, 7) is 13.9. The standard InChI is InChI=1S/2C21H26N2S.4CH4O3S.H2O/c2*1-3-16-8-6-9-18-19(23-13-11-22(2)12-14-23)15-17-7-4-5-10-20(17)24-21(16)18;4*1-5(2,3)4;/h2*4-10,19H,3,11-15H2,1-2H3;4*1H3,(H,2,3,4);1H2. The van der Waals surface area contributed by atoms with E-state index in [9.17, 15) is 33.7 Å². The predicted octanol–water partition coefficient (Wildman–Crippen LogP) is 5.68. The molecule has 4 heterocycles. The Morgan fingerprint density at radius 3 is 1.01 bits per heavy atom. The molecule has 23 heteroatoms. The van der Waals surface area contributed by atoms with Crippen LogP contribution in [-0.4, -0.2) is 168 Å². The molecule has 2 fully saturated rings. The Morgan fingerprint density at radius 2 is 0.739 bits per heavy atom. The number of likely N-dealkylation sites (N-methyl/N-ethyl adjacent to an activating group) is 2. The molecule has 2 atom stereocenters. The Labute approximate surface area is 419 Å². The van der Waals surface area contributed by atoms with E-state index in [1.165, 1.54) is 94.2 Å². The molecule has 8 rings (SSSR count). The summed E-state index contributed by atoms with van der Waals surface area (Å²) in [6, 6.07) is 32.9. The van der Waals surface area contributed by atoms with Gasteiger partial charge in [-0.3, -0.25) is 28.0 Å². The summed E-state index contributed by atoms with van der Waals surface area (Å²) in [4.78, 5) is 16.2. The van der Waals surface area contributed by atoms with Crippen LogP contribution >= 0.6 is 23.5 Å². The van der Waals surface area contributed by atoms with Gasteiger partial charge in [-0.15, -0.1) is 0 Å². The Balaban J connectivity index is 0.000000338. The molecular formula is C46H70N4O13S6. The SMILES string of the molecule is CCc1cccc2c1Sc1ccccc1CC2N1CCN(C)CC1.CCc1cccc2c1Sc1ccccc1CC2N1CCN(C)CC1.CS(=O)(=O)O.CS(=O)(=O)O.CS(=O)(=O)O.CS(=O)(=O)O.O. The van der Waals surface area contributed by atoms with Crippen LogP contribution in [0, 0.1) is 0 Å². The lowest BCUT2D eigenvalue weighted by Gasteiger charge is -2.38. The van der Waals surface area contributed by atoms with Crippen LogP contribution < -0.4 is 0 Å². The first-order valence-corrected chi connectivity index (χ1v) is 30.8. The quantitative estimate of drug-likeness (QED) is 0.179. The van der Waals surface area contributed by atoms with Gasteiger partial charge in [0.2, 0.25) is 0 Å². The maximum atomic E-state index is 9.19. The largest absolute Gasteiger partial charge is 0.412 e. The van der Waals surface area contributed by atoms with E-state index in [1.807, 2.05) is 23.5 Å². The summed E-state index contributed by atoms with van der Waals surface area (Å²) < 4.78 is 103. The lowest BCUT2D eigenvalue weighted by Crippen LogP contribution is -2.46. The normalized spacial score (nSPS) is 18.6. The fourth-order valence-electron chi connectivity index (χ4n) is 7.86. The number of piperazine rings is 2. The molecule has 69 heavy (non-hydrogen) atoms. The van der Waals surface area contributed by atoms with Crippen molar-refractivity contribution >= 4 is 64.0 Å². The van der Waals surface area contributed by atoms with Crippen molar-refractivity contribution in [2.75, 3.05) is 91.5 Å². The molecule has 4 aromatic rings. The molecule has 0 aliphatic carbocycles. The minimum atomic E-state index is -3.67. The van der Waals surface area contributed by atoms with E-state index in [-0.39, 0.29) is 5.48 Å². The Morgan fingerprint density at radius 1 is 0.464 bits per heavy atom. The maximum Gasteiger partial charge on any atom is 0.261 e. The highest BCUT2D eigenvalue weighted by Gasteiger charge is 2.31. The monoisotopic (exact) mass is 1080 g/mol. The molecular weight excluding hydrogens is 1010 g/mol. The Hall–Kier alpha value is -2.98. The van der Waals surface area contributed by atoms with Crippen molar-refractivity contribution in [2.45, 2.75) is 71.2 Å². The van der Waals surface area contributed by atoms with Crippen LogP contribution in [0.15, 0.2) is 105 Å². The molecule has 4 aliphatic heterocycles. The third kappa shape index (κ3) is 24.3. The number of fused-ring (bicyclic) bond motifs is 4. The zero-order chi connectivity index (χ0) is 51.0. The number of benzene rings is 4. The average Bonchev–Trinajstić information content (AvgIpc) is 3.50. The third-order valence-electron chi connectivity index (χ3n) is 10.9. The molecule has 2 unspecified atom stereocenters. The highest BCUT2D eigenvalue weighted by Crippen LogP contribution is 2.46. The summed E-state index contributed by atoms with van der Waals surface area (Å²) in [6.07, 6.45) is 7.34. The van der Waals surface area contributed by atoms with E-state index in [0.29, 0.717) is 37.1 Å². The highest BCUT2D eigenvalue weighted by molar-refractivity contribution is 7.99. The molecule has 0 bridgehead atoms. The summed E-state index contributed by atoms with van der Waals surface area (Å²) in [5.74, 6) is 0. The minimum Gasteiger partial charge on any atom is -0.412 e. The number of nitrogens with zero attached hydrogens (tertiary/aromatic N) is 4. The van der Waals surface area contributed by atoms with Crippen LogP contribution in [0.4, 0.5) is 0 Å². The van der Waals surface area contributed by atoms with Crippen molar-refractivity contribution in [3.05, 3.63) is 118 Å². The van der Waals surface area contributed by atoms with Crippen molar-refractivity contribution in [1.82, 2.24) is 19.6 Å². The van der Waals surface area contributed by atoms with Crippen LogP contribution in [0.25, 0.3) is 0 Å². The third-order valence-corrected chi connectivity index (χ3v) is 13.5. The smallest absolute Gasteiger partial charge is 0.261 e. The van der Waals surface area contributed by atoms with Crippen LogP contribution in [0.1, 0.15) is 59.3 Å². The first-order valence-electron chi connectivity index (χ1n) is 21.8. The van der Waals surface area contributed by atoms with E-state index in [4.69, 9.17) is 18.2 Å². The Kier molecular flexibility index (Phi) is 25.5. The second-order valence-corrected chi connectivity index (χ2v) is 24.8. The molecule has 17 nitrogen and oxygen atoms in total. The molecule has 2 saturated heterocycles. The molecule has 388 valence electrons. The van der Waals surface area contributed by atoms with Crippen molar-refractivity contribution in [3.8, 4) is 0 Å². The summed E-state index contributed by atoms with van der Waals surface area (Å²) in [7, 11) is -10.2. The second-order valence-electron chi connectivity index (χ2n) is 16.8. The molecule has 6 N–H and O–H groups in total. The fourth-order valence-corrected chi connectivity index (χ4v) is 10.5. The first-order chi connectivity index (χ1) is 31.5. The maximum absolute atomic E-state index is 9.19. The van der Waals surface area contributed by atoms with Gasteiger partial charge in [0.25, 0.3) is 40.5 Å². The fraction of sp³-hybridized carbons (Fsp3) is 0.478. The van der Waals surface area contributed by atoms with Gasteiger partial charge in [0.15, 0.2) is 0 Å². The van der Waals surface area contributed by atoms with Crippen LogP contribution in [0.2, 0.25) is 0 Å². The van der Waals surface area contributed by atoms with Crippen LogP contribution in [0.3, 0.4) is 0 Å². The van der Waals surface area contributed by atoms with Gasteiger partial charge in [-0.1, -0.05) is 110 Å². The zero-order valence-corrected chi connectivity index (χ0v) is 45.4. The van der Waals surface area contributed by atoms with Gasteiger partial charge in [0, 0.05) is 84.0 Å². The summed E-state index contributed by atoms with van der Waals surface area (Å²) in [5.41, 5.74) is 9.08. The molecule has 0 amide bonds. The van der Waals surface area contributed by atoms with Crippen LogP contribution in [0.5, 0.6) is 0 Å². The second kappa shape index (κ2) is 28.3.